The van der Waals surface area contributed by atoms with E-state index in [9.17, 15) is 4.39 Å². The fourth-order valence-electron chi connectivity index (χ4n) is 1.78. The summed E-state index contributed by atoms with van der Waals surface area (Å²) < 4.78 is 18.4. The van der Waals surface area contributed by atoms with Crippen molar-refractivity contribution in [2.45, 2.75) is 10.1 Å². The second-order valence-electron chi connectivity index (χ2n) is 4.07. The van der Waals surface area contributed by atoms with Crippen LogP contribution in [0.5, 0.6) is 5.75 Å². The molecular formula is C15H16FNOS. The fourth-order valence-corrected chi connectivity index (χ4v) is 2.78. The van der Waals surface area contributed by atoms with Gasteiger partial charge in [0.2, 0.25) is 0 Å². The van der Waals surface area contributed by atoms with E-state index in [4.69, 9.17) is 10.5 Å². The molecule has 0 aliphatic carbocycles. The van der Waals surface area contributed by atoms with Crippen LogP contribution < -0.4 is 10.5 Å². The Bertz CT molecular complexity index is 530. The number of benzene rings is 2. The maximum atomic E-state index is 13.2. The minimum absolute atomic E-state index is 0.0455. The van der Waals surface area contributed by atoms with E-state index in [0.717, 1.165) is 16.2 Å². The third-order valence-electron chi connectivity index (χ3n) is 2.77. The molecule has 2 rings (SSSR count). The molecule has 19 heavy (non-hydrogen) atoms. The van der Waals surface area contributed by atoms with Crippen LogP contribution in [-0.4, -0.2) is 13.7 Å². The van der Waals surface area contributed by atoms with Crippen LogP contribution in [0, 0.1) is 5.82 Å². The maximum absolute atomic E-state index is 13.2. The fraction of sp³-hybridized carbons (Fsp3) is 0.200. The molecule has 2 aromatic rings. The first-order valence-electron chi connectivity index (χ1n) is 5.99. The van der Waals surface area contributed by atoms with E-state index < -0.39 is 0 Å². The van der Waals surface area contributed by atoms with Crippen molar-refractivity contribution in [1.29, 1.82) is 0 Å². The summed E-state index contributed by atoms with van der Waals surface area (Å²) in [6, 6.07) is 14.3. The van der Waals surface area contributed by atoms with Gasteiger partial charge in [0.05, 0.1) is 7.11 Å². The van der Waals surface area contributed by atoms with Gasteiger partial charge in [0.1, 0.15) is 11.6 Å². The zero-order valence-corrected chi connectivity index (χ0v) is 11.5. The van der Waals surface area contributed by atoms with Gasteiger partial charge in [0.25, 0.3) is 0 Å². The van der Waals surface area contributed by atoms with Crippen LogP contribution in [0.25, 0.3) is 0 Å². The molecule has 0 amide bonds. The van der Waals surface area contributed by atoms with Gasteiger partial charge in [-0.2, -0.15) is 0 Å². The number of ether oxygens (including phenoxy) is 1. The molecular weight excluding hydrogens is 261 g/mol. The van der Waals surface area contributed by atoms with Crippen molar-refractivity contribution in [2.24, 2.45) is 5.73 Å². The Morgan fingerprint density at radius 2 is 1.95 bits per heavy atom. The average Bonchev–Trinajstić information content (AvgIpc) is 2.45. The van der Waals surface area contributed by atoms with Gasteiger partial charge in [-0.1, -0.05) is 12.1 Å². The van der Waals surface area contributed by atoms with Gasteiger partial charge in [-0.3, -0.25) is 0 Å². The molecule has 0 aliphatic rings. The van der Waals surface area contributed by atoms with Crippen molar-refractivity contribution in [1.82, 2.24) is 0 Å². The normalized spacial score (nSPS) is 12.2. The smallest absolute Gasteiger partial charge is 0.123 e. The van der Waals surface area contributed by atoms with E-state index in [1.807, 2.05) is 30.3 Å². The number of thioether (sulfide) groups is 1. The third-order valence-corrected chi connectivity index (χ3v) is 4.07. The second kappa shape index (κ2) is 6.59. The highest BCUT2D eigenvalue weighted by atomic mass is 32.2. The number of methoxy groups -OCH3 is 1. The number of nitrogens with two attached hydrogens (primary N) is 1. The quantitative estimate of drug-likeness (QED) is 0.848. The van der Waals surface area contributed by atoms with Crippen LogP contribution in [0.2, 0.25) is 0 Å². The van der Waals surface area contributed by atoms with Crippen LogP contribution in [0.4, 0.5) is 4.39 Å². The number of hydrogen-bond acceptors (Lipinski definition) is 3. The van der Waals surface area contributed by atoms with Crippen molar-refractivity contribution < 1.29 is 9.13 Å². The zero-order chi connectivity index (χ0) is 13.7. The largest absolute Gasteiger partial charge is 0.497 e. The van der Waals surface area contributed by atoms with Crippen LogP contribution in [0.1, 0.15) is 10.8 Å². The number of rotatable bonds is 5. The Kier molecular flexibility index (Phi) is 4.82. The molecule has 0 aliphatic heterocycles. The average molecular weight is 277 g/mol. The Morgan fingerprint density at radius 1 is 1.21 bits per heavy atom. The molecule has 0 saturated carbocycles. The van der Waals surface area contributed by atoms with Crippen LogP contribution in [-0.2, 0) is 0 Å². The molecule has 0 radical (unpaired) electrons. The highest BCUT2D eigenvalue weighted by Crippen LogP contribution is 2.35. The predicted octanol–water partition coefficient (Wildman–Crippen LogP) is 3.63. The molecule has 0 fully saturated rings. The summed E-state index contributed by atoms with van der Waals surface area (Å²) in [5, 5.41) is 0.0455. The molecule has 1 unspecified atom stereocenters. The summed E-state index contributed by atoms with van der Waals surface area (Å²) in [6.45, 7) is 0.458. The van der Waals surface area contributed by atoms with Crippen molar-refractivity contribution in [3.63, 3.8) is 0 Å². The number of hydrogen-bond donors (Lipinski definition) is 1. The van der Waals surface area contributed by atoms with E-state index in [1.165, 1.54) is 12.1 Å². The standard InChI is InChI=1S/C15H16FNOS/c1-18-13-5-7-14(8-6-13)19-15(10-17)11-3-2-4-12(16)9-11/h2-9,15H,10,17H2,1H3. The van der Waals surface area contributed by atoms with Crippen LogP contribution in [0.15, 0.2) is 53.4 Å². The summed E-state index contributed by atoms with van der Waals surface area (Å²) in [7, 11) is 1.64. The zero-order valence-electron chi connectivity index (χ0n) is 10.7. The van der Waals surface area contributed by atoms with E-state index in [2.05, 4.69) is 0 Å². The Hall–Kier alpha value is -1.52. The Balaban J connectivity index is 2.14. The predicted molar refractivity (Wildman–Crippen MR) is 77.0 cm³/mol. The SMILES string of the molecule is COc1ccc(SC(CN)c2cccc(F)c2)cc1. The van der Waals surface area contributed by atoms with Crippen molar-refractivity contribution in [2.75, 3.05) is 13.7 Å². The van der Waals surface area contributed by atoms with Gasteiger partial charge >= 0.3 is 0 Å². The van der Waals surface area contributed by atoms with Gasteiger partial charge < -0.3 is 10.5 Å². The molecule has 0 spiro atoms. The molecule has 0 heterocycles. The third kappa shape index (κ3) is 3.72. The second-order valence-corrected chi connectivity index (χ2v) is 5.35. The summed E-state index contributed by atoms with van der Waals surface area (Å²) in [4.78, 5) is 1.08. The van der Waals surface area contributed by atoms with Gasteiger partial charge in [0, 0.05) is 16.7 Å². The monoisotopic (exact) mass is 277 g/mol. The van der Waals surface area contributed by atoms with Gasteiger partial charge in [-0.15, -0.1) is 11.8 Å². The van der Waals surface area contributed by atoms with Gasteiger partial charge in [-0.05, 0) is 42.0 Å². The molecule has 4 heteroatoms. The molecule has 0 saturated heterocycles. The molecule has 2 aromatic carbocycles. The molecule has 0 aromatic heterocycles. The molecule has 1 atom stereocenters. The Labute approximate surface area is 116 Å². The highest BCUT2D eigenvalue weighted by Gasteiger charge is 2.12. The summed E-state index contributed by atoms with van der Waals surface area (Å²) in [5.41, 5.74) is 6.70. The van der Waals surface area contributed by atoms with Gasteiger partial charge in [0.15, 0.2) is 0 Å². The van der Waals surface area contributed by atoms with Crippen molar-refractivity contribution in [3.05, 3.63) is 59.9 Å². The van der Waals surface area contributed by atoms with Crippen LogP contribution >= 0.6 is 11.8 Å². The topological polar surface area (TPSA) is 35.2 Å². The number of halogens is 1. The molecule has 0 bridgehead atoms. The molecule has 2 nitrogen and oxygen atoms in total. The summed E-state index contributed by atoms with van der Waals surface area (Å²) in [5.74, 6) is 0.589. The first-order chi connectivity index (χ1) is 9.22. The lowest BCUT2D eigenvalue weighted by Gasteiger charge is -2.15. The van der Waals surface area contributed by atoms with Crippen molar-refractivity contribution in [3.8, 4) is 5.75 Å². The van der Waals surface area contributed by atoms with Gasteiger partial charge in [-0.25, -0.2) is 4.39 Å². The maximum Gasteiger partial charge on any atom is 0.123 e. The first kappa shape index (κ1) is 13.9. The Morgan fingerprint density at radius 3 is 2.53 bits per heavy atom. The lowest BCUT2D eigenvalue weighted by Crippen LogP contribution is -2.09. The highest BCUT2D eigenvalue weighted by molar-refractivity contribution is 7.99. The lowest BCUT2D eigenvalue weighted by molar-refractivity contribution is 0.414. The first-order valence-corrected chi connectivity index (χ1v) is 6.87. The summed E-state index contributed by atoms with van der Waals surface area (Å²) >= 11 is 1.62. The van der Waals surface area contributed by atoms with Crippen molar-refractivity contribution >= 4 is 11.8 Å². The minimum Gasteiger partial charge on any atom is -0.497 e. The molecule has 100 valence electrons. The minimum atomic E-state index is -0.230. The van der Waals surface area contributed by atoms with E-state index in [1.54, 1.807) is 24.9 Å². The molecule has 2 N–H and O–H groups in total. The summed E-state index contributed by atoms with van der Waals surface area (Å²) in [6.07, 6.45) is 0. The van der Waals surface area contributed by atoms with E-state index in [-0.39, 0.29) is 11.1 Å². The van der Waals surface area contributed by atoms with Crippen LogP contribution in [0.3, 0.4) is 0 Å². The lowest BCUT2D eigenvalue weighted by atomic mass is 10.1. The van der Waals surface area contributed by atoms with E-state index >= 15 is 0 Å². The van der Waals surface area contributed by atoms with E-state index in [0.29, 0.717) is 6.54 Å².